The second-order valence-corrected chi connectivity index (χ2v) is 14.0. The molecule has 0 aliphatic carbocycles. The van der Waals surface area contributed by atoms with Crippen molar-refractivity contribution in [2.45, 2.75) is 58.4 Å². The van der Waals surface area contributed by atoms with Crippen molar-refractivity contribution in [3.05, 3.63) is 29.3 Å². The molecule has 5 heteroatoms. The van der Waals surface area contributed by atoms with E-state index in [2.05, 4.69) is 65.5 Å². The third-order valence-electron chi connectivity index (χ3n) is 4.21. The van der Waals surface area contributed by atoms with Gasteiger partial charge in [-0.25, -0.2) is 9.98 Å². The molecule has 0 fully saturated rings. The van der Waals surface area contributed by atoms with Gasteiger partial charge in [0.05, 0.1) is 19.2 Å². The highest BCUT2D eigenvalue weighted by Gasteiger charge is 2.35. The summed E-state index contributed by atoms with van der Waals surface area (Å²) >= 11 is 0. The lowest BCUT2D eigenvalue weighted by atomic mass is 10.1. The first kappa shape index (κ1) is 17.2. The summed E-state index contributed by atoms with van der Waals surface area (Å²) < 4.78 is 11.9. The molecular formula is C19H28N2O2Si. The van der Waals surface area contributed by atoms with Crippen molar-refractivity contribution in [2.75, 3.05) is 13.2 Å². The molecule has 0 atom stereocenters. The van der Waals surface area contributed by atoms with Crippen LogP contribution in [0, 0.1) is 0 Å². The molecule has 2 aliphatic rings. The van der Waals surface area contributed by atoms with Gasteiger partial charge in [-0.3, -0.25) is 0 Å². The standard InChI is InChI=1S/C19H28N2O2Si/c1-18(2)11-22-16(20-18)13-9-8-10-14(15(13)24(5,6)7)17-21-19(3,4)12-23-17/h8-10H,11-12H2,1-7H3. The van der Waals surface area contributed by atoms with Crippen LogP contribution in [0.4, 0.5) is 0 Å². The van der Waals surface area contributed by atoms with Crippen LogP contribution >= 0.6 is 0 Å². The minimum absolute atomic E-state index is 0.161. The quantitative estimate of drug-likeness (QED) is 0.789. The molecule has 24 heavy (non-hydrogen) atoms. The van der Waals surface area contributed by atoms with E-state index in [9.17, 15) is 0 Å². The van der Waals surface area contributed by atoms with Crippen LogP contribution in [0.3, 0.4) is 0 Å². The maximum Gasteiger partial charge on any atom is 0.216 e. The van der Waals surface area contributed by atoms with Gasteiger partial charge in [-0.1, -0.05) is 25.7 Å². The van der Waals surface area contributed by atoms with Gasteiger partial charge in [-0.05, 0) is 45.0 Å². The summed E-state index contributed by atoms with van der Waals surface area (Å²) in [4.78, 5) is 9.59. The van der Waals surface area contributed by atoms with E-state index in [0.717, 1.165) is 22.9 Å². The Kier molecular flexibility index (Phi) is 3.90. The highest BCUT2D eigenvalue weighted by atomic mass is 28.3. The topological polar surface area (TPSA) is 43.2 Å². The molecule has 0 amide bonds. The number of ether oxygens (including phenoxy) is 2. The van der Waals surface area contributed by atoms with Crippen LogP contribution in [0.1, 0.15) is 38.8 Å². The van der Waals surface area contributed by atoms with Crippen LogP contribution in [-0.4, -0.2) is 44.2 Å². The average Bonchev–Trinajstić information content (AvgIpc) is 2.99. The van der Waals surface area contributed by atoms with Gasteiger partial charge in [0, 0.05) is 11.1 Å². The molecule has 3 rings (SSSR count). The van der Waals surface area contributed by atoms with Crippen molar-refractivity contribution < 1.29 is 9.47 Å². The van der Waals surface area contributed by atoms with E-state index in [4.69, 9.17) is 19.5 Å². The van der Waals surface area contributed by atoms with Crippen LogP contribution in [0.15, 0.2) is 28.2 Å². The van der Waals surface area contributed by atoms with Crippen LogP contribution < -0.4 is 5.19 Å². The van der Waals surface area contributed by atoms with Gasteiger partial charge in [0.2, 0.25) is 11.8 Å². The zero-order valence-electron chi connectivity index (χ0n) is 15.9. The van der Waals surface area contributed by atoms with Gasteiger partial charge < -0.3 is 9.47 Å². The average molecular weight is 345 g/mol. The van der Waals surface area contributed by atoms with E-state index in [1.165, 1.54) is 5.19 Å². The van der Waals surface area contributed by atoms with Crippen molar-refractivity contribution in [2.24, 2.45) is 9.98 Å². The number of benzene rings is 1. The first-order chi connectivity index (χ1) is 11.0. The molecule has 0 saturated heterocycles. The summed E-state index contributed by atoms with van der Waals surface area (Å²) in [6.45, 7) is 16.7. The highest BCUT2D eigenvalue weighted by Crippen LogP contribution is 2.25. The monoisotopic (exact) mass is 344 g/mol. The van der Waals surface area contributed by atoms with E-state index in [-0.39, 0.29) is 11.1 Å². The highest BCUT2D eigenvalue weighted by molar-refractivity contribution is 6.90. The predicted molar refractivity (Wildman–Crippen MR) is 103 cm³/mol. The SMILES string of the molecule is CC1(C)COC(c2cccc(C3=NC(C)(C)CO3)c2[Si](C)(C)C)=N1. The van der Waals surface area contributed by atoms with E-state index in [0.29, 0.717) is 13.2 Å². The Morgan fingerprint density at radius 2 is 1.25 bits per heavy atom. The number of hydrogen-bond acceptors (Lipinski definition) is 4. The number of rotatable bonds is 3. The van der Waals surface area contributed by atoms with Gasteiger partial charge in [0.15, 0.2) is 0 Å². The lowest BCUT2D eigenvalue weighted by molar-refractivity contribution is 0.279. The summed E-state index contributed by atoms with van der Waals surface area (Å²) in [6.07, 6.45) is 0. The summed E-state index contributed by atoms with van der Waals surface area (Å²) in [5.74, 6) is 1.52. The van der Waals surface area contributed by atoms with E-state index in [1.54, 1.807) is 0 Å². The Hall–Kier alpha value is -1.62. The van der Waals surface area contributed by atoms with Crippen LogP contribution in [0.25, 0.3) is 0 Å². The number of aliphatic imine (C=N–C) groups is 2. The third kappa shape index (κ3) is 3.27. The Morgan fingerprint density at radius 1 is 0.833 bits per heavy atom. The molecule has 4 nitrogen and oxygen atoms in total. The van der Waals surface area contributed by atoms with E-state index in [1.807, 2.05) is 0 Å². The minimum Gasteiger partial charge on any atom is -0.475 e. The van der Waals surface area contributed by atoms with Crippen molar-refractivity contribution in [1.29, 1.82) is 0 Å². The first-order valence-corrected chi connectivity index (χ1v) is 12.1. The molecule has 0 saturated carbocycles. The maximum absolute atomic E-state index is 5.94. The fraction of sp³-hybridized carbons (Fsp3) is 0.579. The minimum atomic E-state index is -1.67. The Labute approximate surface area is 146 Å². The summed E-state index contributed by atoms with van der Waals surface area (Å²) in [5, 5.41) is 1.32. The third-order valence-corrected chi connectivity index (χ3v) is 6.25. The van der Waals surface area contributed by atoms with Crippen LogP contribution in [0.5, 0.6) is 0 Å². The van der Waals surface area contributed by atoms with E-state index < -0.39 is 8.07 Å². The Bertz CT molecular complexity index is 675. The fourth-order valence-corrected chi connectivity index (χ4v) is 5.16. The van der Waals surface area contributed by atoms with Gasteiger partial charge in [-0.2, -0.15) is 0 Å². The number of nitrogens with zero attached hydrogens (tertiary/aromatic N) is 2. The lowest BCUT2D eigenvalue weighted by Gasteiger charge is -2.24. The molecule has 0 unspecified atom stereocenters. The summed E-state index contributed by atoms with van der Waals surface area (Å²) in [5.41, 5.74) is 1.89. The molecule has 0 bridgehead atoms. The van der Waals surface area contributed by atoms with Gasteiger partial charge >= 0.3 is 0 Å². The fourth-order valence-electron chi connectivity index (χ4n) is 3.16. The lowest BCUT2D eigenvalue weighted by Crippen LogP contribution is -2.45. The largest absolute Gasteiger partial charge is 0.475 e. The Morgan fingerprint density at radius 3 is 1.54 bits per heavy atom. The Balaban J connectivity index is 2.17. The molecule has 0 spiro atoms. The van der Waals surface area contributed by atoms with Gasteiger partial charge in [0.25, 0.3) is 0 Å². The molecule has 1 aromatic rings. The molecular weight excluding hydrogens is 316 g/mol. The van der Waals surface area contributed by atoms with Crippen molar-refractivity contribution in [1.82, 2.24) is 0 Å². The number of hydrogen-bond donors (Lipinski definition) is 0. The molecule has 2 heterocycles. The van der Waals surface area contributed by atoms with Crippen molar-refractivity contribution >= 4 is 25.1 Å². The molecule has 130 valence electrons. The van der Waals surface area contributed by atoms with Gasteiger partial charge in [0.1, 0.15) is 13.2 Å². The molecule has 2 aliphatic heterocycles. The van der Waals surface area contributed by atoms with Crippen LogP contribution in [-0.2, 0) is 9.47 Å². The normalized spacial score (nSPS) is 21.8. The van der Waals surface area contributed by atoms with E-state index >= 15 is 0 Å². The first-order valence-electron chi connectivity index (χ1n) is 8.58. The summed E-state index contributed by atoms with van der Waals surface area (Å²) in [7, 11) is -1.67. The van der Waals surface area contributed by atoms with Crippen molar-refractivity contribution in [3.63, 3.8) is 0 Å². The zero-order valence-corrected chi connectivity index (χ0v) is 16.9. The second-order valence-electron chi connectivity index (χ2n) is 9.01. The molecule has 0 radical (unpaired) electrons. The van der Waals surface area contributed by atoms with Crippen LogP contribution in [0.2, 0.25) is 19.6 Å². The molecule has 1 aromatic carbocycles. The second kappa shape index (κ2) is 5.44. The maximum atomic E-state index is 5.94. The van der Waals surface area contributed by atoms with Gasteiger partial charge in [-0.15, -0.1) is 0 Å². The van der Waals surface area contributed by atoms with Crippen molar-refractivity contribution in [3.8, 4) is 0 Å². The summed E-state index contributed by atoms with van der Waals surface area (Å²) in [6, 6.07) is 6.30. The molecule has 0 N–H and O–H groups in total. The predicted octanol–water partition coefficient (Wildman–Crippen LogP) is 3.34. The molecule has 0 aromatic heterocycles. The zero-order chi connectivity index (χ0) is 17.8. The smallest absolute Gasteiger partial charge is 0.216 e.